The zero-order valence-corrected chi connectivity index (χ0v) is 10.3. The number of aryl methyl sites for hydroxylation is 1. The van der Waals surface area contributed by atoms with E-state index in [0.29, 0.717) is 0 Å². The topological polar surface area (TPSA) is 20.2 Å². The molecule has 1 nitrogen and oxygen atoms in total. The van der Waals surface area contributed by atoms with E-state index in [1.54, 1.807) is 12.1 Å². The first-order valence-corrected chi connectivity index (χ1v) is 6.31. The Balaban J connectivity index is 2.27. The van der Waals surface area contributed by atoms with Crippen LogP contribution in [0.5, 0.6) is 0 Å². The summed E-state index contributed by atoms with van der Waals surface area (Å²) in [5.74, 6) is 0. The monoisotopic (exact) mass is 260 g/mol. The molecule has 0 saturated heterocycles. The number of hydrogen-bond acceptors (Lipinski definition) is 1. The minimum absolute atomic E-state index is 0.235. The van der Waals surface area contributed by atoms with E-state index in [-0.39, 0.29) is 6.61 Å². The lowest BCUT2D eigenvalue weighted by molar-refractivity contribution is -0.137. The van der Waals surface area contributed by atoms with Crippen molar-refractivity contribution in [1.29, 1.82) is 0 Å². The Bertz CT molecular complexity index is 330. The van der Waals surface area contributed by atoms with Gasteiger partial charge in [0.2, 0.25) is 0 Å². The fourth-order valence-corrected chi connectivity index (χ4v) is 1.83. The Morgan fingerprint density at radius 1 is 0.833 bits per heavy atom. The van der Waals surface area contributed by atoms with E-state index >= 15 is 0 Å². The second-order valence-electron chi connectivity index (χ2n) is 4.44. The Hall–Kier alpha value is -1.03. The van der Waals surface area contributed by atoms with Gasteiger partial charge in [-0.05, 0) is 37.0 Å². The van der Waals surface area contributed by atoms with Crippen molar-refractivity contribution in [3.63, 3.8) is 0 Å². The van der Waals surface area contributed by atoms with Crippen LogP contribution in [0.2, 0.25) is 0 Å². The van der Waals surface area contributed by atoms with Gasteiger partial charge >= 0.3 is 6.18 Å². The molecule has 0 fully saturated rings. The van der Waals surface area contributed by atoms with E-state index < -0.39 is 11.7 Å². The number of aliphatic hydroxyl groups is 1. The molecule has 1 aromatic rings. The molecular weight excluding hydrogens is 241 g/mol. The zero-order chi connectivity index (χ0) is 13.4. The molecular formula is C14H19F3O. The van der Waals surface area contributed by atoms with Crippen LogP contribution in [-0.4, -0.2) is 11.7 Å². The van der Waals surface area contributed by atoms with Gasteiger partial charge in [0.05, 0.1) is 5.56 Å². The van der Waals surface area contributed by atoms with Gasteiger partial charge in [-0.2, -0.15) is 13.2 Å². The third-order valence-electron chi connectivity index (χ3n) is 2.90. The molecule has 0 bridgehead atoms. The summed E-state index contributed by atoms with van der Waals surface area (Å²) in [4.78, 5) is 0. The summed E-state index contributed by atoms with van der Waals surface area (Å²) in [5.41, 5.74) is 0.361. The minimum Gasteiger partial charge on any atom is -0.396 e. The number of alkyl halides is 3. The molecule has 1 rings (SSSR count). The molecule has 0 aromatic heterocycles. The molecule has 0 amide bonds. The molecule has 18 heavy (non-hydrogen) atoms. The second kappa shape index (κ2) is 7.41. The first-order chi connectivity index (χ1) is 8.54. The van der Waals surface area contributed by atoms with Crippen molar-refractivity contribution in [2.24, 2.45) is 0 Å². The second-order valence-corrected chi connectivity index (χ2v) is 4.44. The van der Waals surface area contributed by atoms with E-state index in [1.165, 1.54) is 0 Å². The Morgan fingerprint density at radius 3 is 1.94 bits per heavy atom. The van der Waals surface area contributed by atoms with Gasteiger partial charge in [0, 0.05) is 6.61 Å². The number of halogens is 3. The lowest BCUT2D eigenvalue weighted by Crippen LogP contribution is -2.04. The third kappa shape index (κ3) is 5.54. The average Bonchev–Trinajstić information content (AvgIpc) is 2.33. The molecule has 0 atom stereocenters. The first kappa shape index (κ1) is 15.0. The average molecular weight is 260 g/mol. The van der Waals surface area contributed by atoms with Gasteiger partial charge < -0.3 is 5.11 Å². The number of benzene rings is 1. The van der Waals surface area contributed by atoms with Crippen LogP contribution in [0.25, 0.3) is 0 Å². The summed E-state index contributed by atoms with van der Waals surface area (Å²) < 4.78 is 37.0. The van der Waals surface area contributed by atoms with Crippen molar-refractivity contribution in [1.82, 2.24) is 0 Å². The lowest BCUT2D eigenvalue weighted by Gasteiger charge is -2.07. The maximum absolute atomic E-state index is 12.3. The molecule has 0 unspecified atom stereocenters. The largest absolute Gasteiger partial charge is 0.416 e. The van der Waals surface area contributed by atoms with Crippen LogP contribution in [0.15, 0.2) is 24.3 Å². The maximum Gasteiger partial charge on any atom is 0.416 e. The van der Waals surface area contributed by atoms with E-state index in [0.717, 1.165) is 56.2 Å². The van der Waals surface area contributed by atoms with Crippen LogP contribution in [0, 0.1) is 0 Å². The number of unbranched alkanes of at least 4 members (excludes halogenated alkanes) is 4. The fourth-order valence-electron chi connectivity index (χ4n) is 1.83. The Morgan fingerprint density at radius 2 is 1.39 bits per heavy atom. The fraction of sp³-hybridized carbons (Fsp3) is 0.571. The summed E-state index contributed by atoms with van der Waals surface area (Å²) in [6.07, 6.45) is 1.53. The number of rotatable bonds is 7. The van der Waals surface area contributed by atoms with Gasteiger partial charge in [0.1, 0.15) is 0 Å². The quantitative estimate of drug-likeness (QED) is 0.729. The van der Waals surface area contributed by atoms with Gasteiger partial charge in [-0.1, -0.05) is 31.4 Å². The van der Waals surface area contributed by atoms with E-state index in [2.05, 4.69) is 0 Å². The van der Waals surface area contributed by atoms with Gasteiger partial charge in [0.15, 0.2) is 0 Å². The highest BCUT2D eigenvalue weighted by Crippen LogP contribution is 2.29. The van der Waals surface area contributed by atoms with Gasteiger partial charge in [-0.25, -0.2) is 0 Å². The highest BCUT2D eigenvalue weighted by molar-refractivity contribution is 5.24. The molecule has 102 valence electrons. The SMILES string of the molecule is OCCCCCCCc1ccc(C(F)(F)F)cc1. The summed E-state index contributed by atoms with van der Waals surface area (Å²) >= 11 is 0. The van der Waals surface area contributed by atoms with Crippen LogP contribution in [0.4, 0.5) is 13.2 Å². The molecule has 0 aliphatic carbocycles. The molecule has 0 spiro atoms. The molecule has 0 aliphatic heterocycles. The predicted octanol–water partition coefficient (Wildman–Crippen LogP) is 4.19. The van der Waals surface area contributed by atoms with E-state index in [9.17, 15) is 13.2 Å². The van der Waals surface area contributed by atoms with Crippen molar-refractivity contribution in [2.45, 2.75) is 44.7 Å². The van der Waals surface area contributed by atoms with Crippen LogP contribution in [0.1, 0.15) is 43.2 Å². The van der Waals surface area contributed by atoms with Crippen LogP contribution in [-0.2, 0) is 12.6 Å². The van der Waals surface area contributed by atoms with Crippen molar-refractivity contribution in [3.8, 4) is 0 Å². The summed E-state index contributed by atoms with van der Waals surface area (Å²) in [7, 11) is 0. The standard InChI is InChI=1S/C14H19F3O/c15-14(16,17)13-9-7-12(8-10-13)6-4-2-1-3-5-11-18/h7-10,18H,1-6,11H2. The minimum atomic E-state index is -4.25. The highest BCUT2D eigenvalue weighted by atomic mass is 19.4. The molecule has 0 saturated carbocycles. The van der Waals surface area contributed by atoms with Crippen LogP contribution in [0.3, 0.4) is 0 Å². The Labute approximate surface area is 106 Å². The van der Waals surface area contributed by atoms with Crippen molar-refractivity contribution in [2.75, 3.05) is 6.61 Å². The van der Waals surface area contributed by atoms with Gasteiger partial charge in [0.25, 0.3) is 0 Å². The molecule has 1 N–H and O–H groups in total. The van der Waals surface area contributed by atoms with Crippen molar-refractivity contribution >= 4 is 0 Å². The van der Waals surface area contributed by atoms with E-state index in [1.807, 2.05) is 0 Å². The molecule has 0 aliphatic rings. The smallest absolute Gasteiger partial charge is 0.396 e. The molecule has 0 heterocycles. The first-order valence-electron chi connectivity index (χ1n) is 6.31. The van der Waals surface area contributed by atoms with Gasteiger partial charge in [-0.15, -0.1) is 0 Å². The lowest BCUT2D eigenvalue weighted by atomic mass is 10.0. The summed E-state index contributed by atoms with van der Waals surface area (Å²) in [6.45, 7) is 0.235. The van der Waals surface area contributed by atoms with Crippen LogP contribution >= 0.6 is 0 Å². The van der Waals surface area contributed by atoms with Crippen molar-refractivity contribution in [3.05, 3.63) is 35.4 Å². The number of hydrogen-bond donors (Lipinski definition) is 1. The molecule has 0 radical (unpaired) electrons. The molecule has 1 aromatic carbocycles. The van der Waals surface area contributed by atoms with Gasteiger partial charge in [-0.3, -0.25) is 0 Å². The van der Waals surface area contributed by atoms with Crippen LogP contribution < -0.4 is 0 Å². The zero-order valence-electron chi connectivity index (χ0n) is 10.3. The predicted molar refractivity (Wildman–Crippen MR) is 65.3 cm³/mol. The highest BCUT2D eigenvalue weighted by Gasteiger charge is 2.29. The Kier molecular flexibility index (Phi) is 6.19. The normalized spacial score (nSPS) is 11.8. The number of aliphatic hydroxyl groups excluding tert-OH is 1. The third-order valence-corrected chi connectivity index (χ3v) is 2.90. The maximum atomic E-state index is 12.3. The summed E-state index contributed by atoms with van der Waals surface area (Å²) in [6, 6.07) is 5.38. The molecule has 4 heteroatoms. The summed E-state index contributed by atoms with van der Waals surface area (Å²) in [5, 5.41) is 8.60. The van der Waals surface area contributed by atoms with E-state index in [4.69, 9.17) is 5.11 Å². The van der Waals surface area contributed by atoms with Crippen molar-refractivity contribution < 1.29 is 18.3 Å².